The second-order valence-electron chi connectivity index (χ2n) is 4.66. The molecule has 0 aromatic heterocycles. The molecule has 0 bridgehead atoms. The van der Waals surface area contributed by atoms with E-state index in [0.29, 0.717) is 19.6 Å². The van der Waals surface area contributed by atoms with Crippen LogP contribution >= 0.6 is 0 Å². The van der Waals surface area contributed by atoms with Gasteiger partial charge in [0.1, 0.15) is 6.04 Å². The van der Waals surface area contributed by atoms with Crippen molar-refractivity contribution in [2.75, 3.05) is 20.3 Å². The molecule has 0 N–H and O–H groups in total. The van der Waals surface area contributed by atoms with E-state index in [0.717, 1.165) is 4.90 Å². The predicted octanol–water partition coefficient (Wildman–Crippen LogP) is 1.11. The van der Waals surface area contributed by atoms with E-state index in [9.17, 15) is 14.4 Å². The molecular weight excluding hydrogens is 302 g/mol. The average molecular weight is 327 g/mol. The summed E-state index contributed by atoms with van der Waals surface area (Å²) in [7, 11) is 1.22. The lowest BCUT2D eigenvalue weighted by Crippen LogP contribution is -2.41. The van der Waals surface area contributed by atoms with Crippen LogP contribution in [-0.4, -0.2) is 55.2 Å². The Morgan fingerprint density at radius 2 is 1.74 bits per heavy atom. The van der Waals surface area contributed by atoms with E-state index in [1.807, 2.05) is 0 Å². The Balaban J connectivity index is 4.69. The summed E-state index contributed by atoms with van der Waals surface area (Å²) in [4.78, 5) is 36.3. The molecule has 0 aromatic carbocycles. The van der Waals surface area contributed by atoms with Crippen molar-refractivity contribution in [3.63, 3.8) is 0 Å². The third kappa shape index (κ3) is 7.26. The number of rotatable bonds is 11. The van der Waals surface area contributed by atoms with Crippen LogP contribution in [0, 0.1) is 12.5 Å². The monoisotopic (exact) mass is 327 g/mol. The third-order valence-electron chi connectivity index (χ3n) is 3.06. The number of ether oxygens (including phenoxy) is 3. The van der Waals surface area contributed by atoms with E-state index in [-0.39, 0.29) is 18.6 Å². The molecule has 0 aliphatic carbocycles. The summed E-state index contributed by atoms with van der Waals surface area (Å²) < 4.78 is 15.1. The molecule has 0 aliphatic rings. The number of terminal acetylenes is 1. The molecule has 0 spiro atoms. The van der Waals surface area contributed by atoms with Crippen LogP contribution in [0.3, 0.4) is 0 Å². The molecule has 130 valence electrons. The zero-order valence-electron chi connectivity index (χ0n) is 14.2. The van der Waals surface area contributed by atoms with Gasteiger partial charge in [-0.2, -0.15) is 0 Å². The van der Waals surface area contributed by atoms with Crippen molar-refractivity contribution in [2.45, 2.75) is 52.4 Å². The van der Waals surface area contributed by atoms with E-state index in [4.69, 9.17) is 15.9 Å². The molecule has 0 aliphatic heterocycles. The standard InChI is InChI=1S/C16H25NO6/c1-6-17(12(4)18)13(15(20)21-5)10-9-11-14(19)16(22-7-2)23-8-3/h1,13,16H,7-11H2,2-5H3. The van der Waals surface area contributed by atoms with Crippen LogP contribution < -0.4 is 0 Å². The lowest BCUT2D eigenvalue weighted by atomic mass is 10.1. The first-order valence-corrected chi connectivity index (χ1v) is 7.52. The summed E-state index contributed by atoms with van der Waals surface area (Å²) in [6.07, 6.45) is 5.07. The number of amides is 1. The fraction of sp³-hybridized carbons (Fsp3) is 0.688. The predicted molar refractivity (Wildman–Crippen MR) is 83.1 cm³/mol. The minimum atomic E-state index is -0.909. The fourth-order valence-electron chi connectivity index (χ4n) is 2.01. The molecule has 7 nitrogen and oxygen atoms in total. The molecular formula is C16H25NO6. The Labute approximate surface area is 137 Å². The summed E-state index contributed by atoms with van der Waals surface area (Å²) in [6.45, 7) is 5.52. The van der Waals surface area contributed by atoms with Crippen molar-refractivity contribution in [1.82, 2.24) is 4.90 Å². The normalized spacial score (nSPS) is 11.7. The molecule has 23 heavy (non-hydrogen) atoms. The Hall–Kier alpha value is -1.91. The Bertz CT molecular complexity index is 436. The second-order valence-corrected chi connectivity index (χ2v) is 4.66. The van der Waals surface area contributed by atoms with Crippen LogP contribution in [0.2, 0.25) is 0 Å². The number of hydrogen-bond donors (Lipinski definition) is 0. The molecule has 0 rings (SSSR count). The van der Waals surface area contributed by atoms with E-state index >= 15 is 0 Å². The molecule has 0 radical (unpaired) electrons. The lowest BCUT2D eigenvalue weighted by molar-refractivity contribution is -0.168. The number of carbonyl (C=O) groups excluding carboxylic acids is 3. The fourth-order valence-corrected chi connectivity index (χ4v) is 2.01. The van der Waals surface area contributed by atoms with Gasteiger partial charge in [-0.1, -0.05) is 6.42 Å². The largest absolute Gasteiger partial charge is 0.467 e. The van der Waals surface area contributed by atoms with E-state index < -0.39 is 24.2 Å². The summed E-state index contributed by atoms with van der Waals surface area (Å²) >= 11 is 0. The number of methoxy groups -OCH3 is 1. The van der Waals surface area contributed by atoms with Crippen LogP contribution in [0.4, 0.5) is 0 Å². The zero-order valence-corrected chi connectivity index (χ0v) is 14.2. The number of Topliss-reactive ketones (excluding diaryl/α,β-unsaturated/α-hetero) is 1. The van der Waals surface area contributed by atoms with Gasteiger partial charge in [-0.3, -0.25) is 14.5 Å². The van der Waals surface area contributed by atoms with Crippen LogP contribution in [0.25, 0.3) is 0 Å². The average Bonchev–Trinajstić information content (AvgIpc) is 2.52. The molecule has 0 fully saturated rings. The Morgan fingerprint density at radius 3 is 2.13 bits per heavy atom. The van der Waals surface area contributed by atoms with Gasteiger partial charge in [-0.05, 0) is 26.7 Å². The van der Waals surface area contributed by atoms with Crippen LogP contribution in [0.15, 0.2) is 0 Å². The van der Waals surface area contributed by atoms with Crippen molar-refractivity contribution >= 4 is 17.7 Å². The number of esters is 1. The molecule has 1 atom stereocenters. The highest BCUT2D eigenvalue weighted by Gasteiger charge is 2.28. The summed E-state index contributed by atoms with van der Waals surface area (Å²) in [6, 6.07) is 1.26. The first kappa shape index (κ1) is 21.1. The highest BCUT2D eigenvalue weighted by Crippen LogP contribution is 2.13. The maximum absolute atomic E-state index is 12.0. The van der Waals surface area contributed by atoms with Crippen LogP contribution in [0.5, 0.6) is 0 Å². The number of ketones is 1. The van der Waals surface area contributed by atoms with Gasteiger partial charge in [0.05, 0.1) is 7.11 Å². The van der Waals surface area contributed by atoms with Gasteiger partial charge < -0.3 is 14.2 Å². The summed E-state index contributed by atoms with van der Waals surface area (Å²) in [5.41, 5.74) is 0. The number of nitrogens with zero attached hydrogens (tertiary/aromatic N) is 1. The quantitative estimate of drug-likeness (QED) is 0.245. The second kappa shape index (κ2) is 11.6. The highest BCUT2D eigenvalue weighted by molar-refractivity contribution is 5.85. The number of carbonyl (C=O) groups is 3. The molecule has 1 unspecified atom stereocenters. The SMILES string of the molecule is C#CN(C(C)=O)C(CCCC(=O)C(OCC)OCC)C(=O)OC. The van der Waals surface area contributed by atoms with Crippen molar-refractivity contribution in [2.24, 2.45) is 0 Å². The van der Waals surface area contributed by atoms with Crippen molar-refractivity contribution in [3.8, 4) is 12.5 Å². The molecule has 0 heterocycles. The number of hydrogen-bond acceptors (Lipinski definition) is 6. The maximum Gasteiger partial charge on any atom is 0.329 e. The van der Waals surface area contributed by atoms with Gasteiger partial charge in [-0.15, -0.1) is 0 Å². The van der Waals surface area contributed by atoms with Gasteiger partial charge >= 0.3 is 5.97 Å². The Morgan fingerprint density at radius 1 is 1.17 bits per heavy atom. The Kier molecular flexibility index (Phi) is 10.7. The zero-order chi connectivity index (χ0) is 17.8. The van der Waals surface area contributed by atoms with E-state index in [1.54, 1.807) is 13.8 Å². The molecule has 1 amide bonds. The molecule has 7 heteroatoms. The van der Waals surface area contributed by atoms with Crippen molar-refractivity contribution < 1.29 is 28.6 Å². The molecule has 0 saturated heterocycles. The van der Waals surface area contributed by atoms with Crippen LogP contribution in [0.1, 0.15) is 40.0 Å². The summed E-state index contributed by atoms with van der Waals surface area (Å²) in [5.74, 6) is -1.26. The van der Waals surface area contributed by atoms with Gasteiger partial charge in [0.2, 0.25) is 12.2 Å². The minimum absolute atomic E-state index is 0.147. The minimum Gasteiger partial charge on any atom is -0.467 e. The molecule has 0 aromatic rings. The summed E-state index contributed by atoms with van der Waals surface area (Å²) in [5, 5.41) is 0. The maximum atomic E-state index is 12.0. The topological polar surface area (TPSA) is 82.1 Å². The van der Waals surface area contributed by atoms with Crippen molar-refractivity contribution in [3.05, 3.63) is 0 Å². The highest BCUT2D eigenvalue weighted by atomic mass is 16.7. The van der Waals surface area contributed by atoms with Gasteiger partial charge in [-0.25, -0.2) is 4.79 Å². The van der Waals surface area contributed by atoms with Gasteiger partial charge in [0.25, 0.3) is 0 Å². The first-order valence-electron chi connectivity index (χ1n) is 7.52. The van der Waals surface area contributed by atoms with Gasteiger partial charge in [0, 0.05) is 32.6 Å². The first-order chi connectivity index (χ1) is 10.9. The third-order valence-corrected chi connectivity index (χ3v) is 3.06. The van der Waals surface area contributed by atoms with E-state index in [2.05, 4.69) is 10.8 Å². The van der Waals surface area contributed by atoms with Crippen molar-refractivity contribution in [1.29, 1.82) is 0 Å². The smallest absolute Gasteiger partial charge is 0.329 e. The lowest BCUT2D eigenvalue weighted by Gasteiger charge is -2.23. The van der Waals surface area contributed by atoms with E-state index in [1.165, 1.54) is 14.0 Å². The molecule has 0 saturated carbocycles. The van der Waals surface area contributed by atoms with Crippen LogP contribution in [-0.2, 0) is 28.6 Å². The van der Waals surface area contributed by atoms with Gasteiger partial charge in [0.15, 0.2) is 5.78 Å².